The molecule has 1 aromatic heterocycles. The molecule has 0 spiro atoms. The Morgan fingerprint density at radius 1 is 1.35 bits per heavy atom. The molecule has 1 aromatic carbocycles. The molecule has 0 aliphatic heterocycles. The van der Waals surface area contributed by atoms with Crippen molar-refractivity contribution in [3.63, 3.8) is 0 Å². The average molecular weight is 318 g/mol. The molecule has 6 heteroatoms. The third-order valence-electron chi connectivity index (χ3n) is 3.75. The standard InChI is InChI=1S/C17H23FN4O/c1-4-5-10-19-17(23)21-12(2)16-11-20-22(13(16)3)15-8-6-14(18)7-9-15/h6-9,11-12H,4-5,10H2,1-3H3,(H2,19,21,23)/t12-/m1/s1. The molecule has 2 amide bonds. The van der Waals surface area contributed by atoms with Crippen LogP contribution in [0, 0.1) is 12.7 Å². The van der Waals surface area contributed by atoms with Crippen LogP contribution in [-0.2, 0) is 0 Å². The summed E-state index contributed by atoms with van der Waals surface area (Å²) in [6.07, 6.45) is 3.73. The van der Waals surface area contributed by atoms with Gasteiger partial charge in [0.15, 0.2) is 0 Å². The molecular weight excluding hydrogens is 295 g/mol. The van der Waals surface area contributed by atoms with Gasteiger partial charge in [-0.1, -0.05) is 13.3 Å². The first kappa shape index (κ1) is 17.0. The van der Waals surface area contributed by atoms with E-state index in [9.17, 15) is 9.18 Å². The van der Waals surface area contributed by atoms with Crippen LogP contribution in [0.4, 0.5) is 9.18 Å². The van der Waals surface area contributed by atoms with Gasteiger partial charge in [0, 0.05) is 17.8 Å². The Bertz CT molecular complexity index is 651. The van der Waals surface area contributed by atoms with Crippen LogP contribution in [0.25, 0.3) is 5.69 Å². The summed E-state index contributed by atoms with van der Waals surface area (Å²) in [6.45, 7) is 6.59. The number of nitrogens with zero attached hydrogens (tertiary/aromatic N) is 2. The van der Waals surface area contributed by atoms with Crippen LogP contribution >= 0.6 is 0 Å². The topological polar surface area (TPSA) is 59.0 Å². The molecule has 23 heavy (non-hydrogen) atoms. The van der Waals surface area contributed by atoms with Gasteiger partial charge in [-0.05, 0) is 44.5 Å². The number of hydrogen-bond donors (Lipinski definition) is 2. The van der Waals surface area contributed by atoms with E-state index in [0.29, 0.717) is 6.54 Å². The van der Waals surface area contributed by atoms with E-state index in [1.54, 1.807) is 23.0 Å². The van der Waals surface area contributed by atoms with Crippen molar-refractivity contribution >= 4 is 6.03 Å². The zero-order valence-electron chi connectivity index (χ0n) is 13.8. The van der Waals surface area contributed by atoms with Gasteiger partial charge in [-0.15, -0.1) is 0 Å². The lowest BCUT2D eigenvalue weighted by molar-refractivity contribution is 0.237. The summed E-state index contributed by atoms with van der Waals surface area (Å²) in [5, 5.41) is 10.1. The Labute approximate surface area is 135 Å². The Balaban J connectivity index is 2.06. The molecule has 0 radical (unpaired) electrons. The average Bonchev–Trinajstić information content (AvgIpc) is 2.90. The molecule has 5 nitrogen and oxygen atoms in total. The third kappa shape index (κ3) is 4.31. The predicted molar refractivity (Wildman–Crippen MR) is 88.1 cm³/mol. The Morgan fingerprint density at radius 2 is 2.04 bits per heavy atom. The van der Waals surface area contributed by atoms with Crippen molar-refractivity contribution in [2.75, 3.05) is 6.54 Å². The van der Waals surface area contributed by atoms with E-state index in [1.165, 1.54) is 12.1 Å². The van der Waals surface area contributed by atoms with Crippen molar-refractivity contribution in [1.82, 2.24) is 20.4 Å². The summed E-state index contributed by atoms with van der Waals surface area (Å²) in [6, 6.07) is 5.81. The fourth-order valence-corrected chi connectivity index (χ4v) is 2.39. The SMILES string of the molecule is CCCCNC(=O)N[C@H](C)c1cnn(-c2ccc(F)cc2)c1C. The minimum atomic E-state index is -0.280. The first-order valence-corrected chi connectivity index (χ1v) is 7.87. The number of unbranched alkanes of at least 4 members (excludes halogenated alkanes) is 1. The smallest absolute Gasteiger partial charge is 0.315 e. The van der Waals surface area contributed by atoms with E-state index < -0.39 is 0 Å². The molecule has 0 bridgehead atoms. The van der Waals surface area contributed by atoms with Crippen molar-refractivity contribution in [3.8, 4) is 5.69 Å². The Morgan fingerprint density at radius 3 is 2.70 bits per heavy atom. The maximum absolute atomic E-state index is 13.0. The van der Waals surface area contributed by atoms with E-state index in [2.05, 4.69) is 22.7 Å². The molecule has 2 N–H and O–H groups in total. The largest absolute Gasteiger partial charge is 0.338 e. The molecule has 0 aliphatic carbocycles. The highest BCUT2D eigenvalue weighted by atomic mass is 19.1. The third-order valence-corrected chi connectivity index (χ3v) is 3.75. The number of halogens is 1. The summed E-state index contributed by atoms with van der Waals surface area (Å²) in [4.78, 5) is 11.8. The number of nitrogens with one attached hydrogen (secondary N) is 2. The number of carbonyl (C=O) groups is 1. The van der Waals surface area contributed by atoms with Crippen LogP contribution in [0.3, 0.4) is 0 Å². The number of carbonyl (C=O) groups excluding carboxylic acids is 1. The van der Waals surface area contributed by atoms with Gasteiger partial charge >= 0.3 is 6.03 Å². The second-order valence-corrected chi connectivity index (χ2v) is 5.55. The van der Waals surface area contributed by atoms with Gasteiger partial charge in [-0.2, -0.15) is 5.10 Å². The molecule has 0 saturated carbocycles. The molecule has 1 heterocycles. The Kier molecular flexibility index (Phi) is 5.73. The van der Waals surface area contributed by atoms with Crippen molar-refractivity contribution < 1.29 is 9.18 Å². The second-order valence-electron chi connectivity index (χ2n) is 5.55. The summed E-state index contributed by atoms with van der Waals surface area (Å²) in [5.41, 5.74) is 2.63. The summed E-state index contributed by atoms with van der Waals surface area (Å²) in [7, 11) is 0. The number of urea groups is 1. The van der Waals surface area contributed by atoms with Crippen LogP contribution in [0.1, 0.15) is 44.0 Å². The van der Waals surface area contributed by atoms with Crippen LogP contribution in [0.15, 0.2) is 30.5 Å². The van der Waals surface area contributed by atoms with Crippen molar-refractivity contribution in [3.05, 3.63) is 47.5 Å². The van der Waals surface area contributed by atoms with Crippen molar-refractivity contribution in [1.29, 1.82) is 0 Å². The van der Waals surface area contributed by atoms with E-state index in [0.717, 1.165) is 29.8 Å². The highest BCUT2D eigenvalue weighted by Gasteiger charge is 2.16. The summed E-state index contributed by atoms with van der Waals surface area (Å²) >= 11 is 0. The van der Waals surface area contributed by atoms with E-state index in [-0.39, 0.29) is 17.9 Å². The van der Waals surface area contributed by atoms with Gasteiger partial charge in [-0.3, -0.25) is 0 Å². The number of amides is 2. The van der Waals surface area contributed by atoms with E-state index in [4.69, 9.17) is 0 Å². The second kappa shape index (κ2) is 7.76. The number of benzene rings is 1. The van der Waals surface area contributed by atoms with Crippen LogP contribution in [0.5, 0.6) is 0 Å². The quantitative estimate of drug-likeness (QED) is 0.801. The lowest BCUT2D eigenvalue weighted by Crippen LogP contribution is -2.37. The lowest BCUT2D eigenvalue weighted by Gasteiger charge is -2.15. The van der Waals surface area contributed by atoms with Gasteiger partial charge in [0.2, 0.25) is 0 Å². The molecular formula is C17H23FN4O. The van der Waals surface area contributed by atoms with E-state index >= 15 is 0 Å². The maximum Gasteiger partial charge on any atom is 0.315 e. The normalized spacial score (nSPS) is 12.0. The van der Waals surface area contributed by atoms with Gasteiger partial charge < -0.3 is 10.6 Å². The Hall–Kier alpha value is -2.37. The van der Waals surface area contributed by atoms with Gasteiger partial charge in [-0.25, -0.2) is 13.9 Å². The molecule has 1 atom stereocenters. The van der Waals surface area contributed by atoms with Gasteiger partial charge in [0.1, 0.15) is 5.82 Å². The zero-order chi connectivity index (χ0) is 16.8. The molecule has 0 aliphatic rings. The van der Waals surface area contributed by atoms with Crippen molar-refractivity contribution in [2.45, 2.75) is 39.7 Å². The molecule has 0 fully saturated rings. The lowest BCUT2D eigenvalue weighted by atomic mass is 10.1. The zero-order valence-corrected chi connectivity index (χ0v) is 13.8. The molecule has 0 saturated heterocycles. The first-order valence-electron chi connectivity index (χ1n) is 7.87. The molecule has 124 valence electrons. The highest BCUT2D eigenvalue weighted by molar-refractivity contribution is 5.74. The highest BCUT2D eigenvalue weighted by Crippen LogP contribution is 2.20. The fraction of sp³-hybridized carbons (Fsp3) is 0.412. The molecule has 0 unspecified atom stereocenters. The summed E-state index contributed by atoms with van der Waals surface area (Å²) in [5.74, 6) is -0.280. The van der Waals surface area contributed by atoms with Gasteiger partial charge in [0.25, 0.3) is 0 Å². The molecule has 2 rings (SSSR count). The van der Waals surface area contributed by atoms with Crippen LogP contribution in [-0.4, -0.2) is 22.4 Å². The minimum absolute atomic E-state index is 0.161. The van der Waals surface area contributed by atoms with E-state index in [1.807, 2.05) is 13.8 Å². The maximum atomic E-state index is 13.0. The number of rotatable bonds is 6. The van der Waals surface area contributed by atoms with Crippen LogP contribution < -0.4 is 10.6 Å². The van der Waals surface area contributed by atoms with Crippen molar-refractivity contribution in [2.24, 2.45) is 0 Å². The number of hydrogen-bond acceptors (Lipinski definition) is 2. The number of aromatic nitrogens is 2. The fourth-order valence-electron chi connectivity index (χ4n) is 2.39. The van der Waals surface area contributed by atoms with Gasteiger partial charge in [0.05, 0.1) is 17.9 Å². The predicted octanol–water partition coefficient (Wildman–Crippen LogP) is 3.48. The minimum Gasteiger partial charge on any atom is -0.338 e. The molecule has 2 aromatic rings. The first-order chi connectivity index (χ1) is 11.0. The van der Waals surface area contributed by atoms with Crippen LogP contribution in [0.2, 0.25) is 0 Å². The monoisotopic (exact) mass is 318 g/mol. The summed E-state index contributed by atoms with van der Waals surface area (Å²) < 4.78 is 14.8.